The minimum Gasteiger partial charge on any atom is -0.371 e. The minimum absolute atomic E-state index is 0.996. The molecule has 0 amide bonds. The van der Waals surface area contributed by atoms with Crippen LogP contribution in [0.15, 0.2) is 18.2 Å². The van der Waals surface area contributed by atoms with E-state index in [1.807, 2.05) is 0 Å². The predicted octanol–water partition coefficient (Wildman–Crippen LogP) is 3.44. The lowest BCUT2D eigenvalue weighted by Gasteiger charge is -2.23. The highest BCUT2D eigenvalue weighted by Crippen LogP contribution is 2.22. The van der Waals surface area contributed by atoms with Gasteiger partial charge in [-0.3, -0.25) is 0 Å². The first-order chi connectivity index (χ1) is 9.31. The molecule has 1 aliphatic heterocycles. The minimum atomic E-state index is 0.996. The number of rotatable bonds is 5. The number of anilines is 1. The number of hydrogen-bond acceptors (Lipinski definition) is 3. The summed E-state index contributed by atoms with van der Waals surface area (Å²) in [5.74, 6) is 2.58. The Bertz CT molecular complexity index is 384. The van der Waals surface area contributed by atoms with Crippen molar-refractivity contribution in [3.8, 4) is 0 Å². The van der Waals surface area contributed by atoms with Crippen LogP contribution in [0.5, 0.6) is 0 Å². The molecule has 0 spiro atoms. The van der Waals surface area contributed by atoms with Gasteiger partial charge in [0, 0.05) is 31.1 Å². The highest BCUT2D eigenvalue weighted by Gasteiger charge is 2.10. The van der Waals surface area contributed by atoms with Crippen LogP contribution in [0.3, 0.4) is 0 Å². The van der Waals surface area contributed by atoms with Gasteiger partial charge in [0.1, 0.15) is 0 Å². The molecule has 0 atom stereocenters. The predicted molar refractivity (Wildman–Crippen MR) is 87.3 cm³/mol. The van der Waals surface area contributed by atoms with E-state index in [1.165, 1.54) is 54.3 Å². The Morgan fingerprint density at radius 3 is 2.95 bits per heavy atom. The van der Waals surface area contributed by atoms with Crippen molar-refractivity contribution in [1.82, 2.24) is 5.32 Å². The third-order valence-electron chi connectivity index (χ3n) is 3.66. The van der Waals surface area contributed by atoms with Crippen molar-refractivity contribution in [2.45, 2.75) is 33.2 Å². The molecule has 2 nitrogen and oxygen atoms in total. The lowest BCUT2D eigenvalue weighted by atomic mass is 10.1. The maximum atomic E-state index is 3.48. The van der Waals surface area contributed by atoms with Crippen molar-refractivity contribution >= 4 is 17.4 Å². The van der Waals surface area contributed by atoms with Gasteiger partial charge < -0.3 is 10.2 Å². The van der Waals surface area contributed by atoms with E-state index in [9.17, 15) is 0 Å². The van der Waals surface area contributed by atoms with Gasteiger partial charge in [0.05, 0.1) is 0 Å². The first-order valence-corrected chi connectivity index (χ1v) is 8.59. The lowest BCUT2D eigenvalue weighted by molar-refractivity contribution is 0.673. The second-order valence-electron chi connectivity index (χ2n) is 5.24. The molecule has 1 heterocycles. The summed E-state index contributed by atoms with van der Waals surface area (Å²) in [6, 6.07) is 6.95. The zero-order valence-corrected chi connectivity index (χ0v) is 13.1. The molecule has 1 N–H and O–H groups in total. The van der Waals surface area contributed by atoms with Gasteiger partial charge in [-0.05, 0) is 55.3 Å². The second kappa shape index (κ2) is 7.81. The van der Waals surface area contributed by atoms with Gasteiger partial charge in [0.2, 0.25) is 0 Å². The molecule has 1 fully saturated rings. The summed E-state index contributed by atoms with van der Waals surface area (Å²) in [6.07, 6.45) is 2.51. The largest absolute Gasteiger partial charge is 0.371 e. The van der Waals surface area contributed by atoms with E-state index in [1.54, 1.807) is 0 Å². The van der Waals surface area contributed by atoms with E-state index in [0.717, 1.165) is 13.1 Å². The van der Waals surface area contributed by atoms with Gasteiger partial charge in [-0.1, -0.05) is 13.0 Å². The Kier molecular flexibility index (Phi) is 6.05. The highest BCUT2D eigenvalue weighted by molar-refractivity contribution is 7.99. The van der Waals surface area contributed by atoms with Crippen molar-refractivity contribution in [2.24, 2.45) is 0 Å². The average Bonchev–Trinajstić information content (AvgIpc) is 2.70. The monoisotopic (exact) mass is 278 g/mol. The summed E-state index contributed by atoms with van der Waals surface area (Å²) in [6.45, 7) is 8.94. The molecular weight excluding hydrogens is 252 g/mol. The maximum absolute atomic E-state index is 3.48. The molecule has 19 heavy (non-hydrogen) atoms. The van der Waals surface area contributed by atoms with Crippen LogP contribution in [0, 0.1) is 6.92 Å². The van der Waals surface area contributed by atoms with Gasteiger partial charge in [-0.25, -0.2) is 0 Å². The van der Waals surface area contributed by atoms with Crippen LogP contribution in [0.25, 0.3) is 0 Å². The number of hydrogen-bond donors (Lipinski definition) is 1. The van der Waals surface area contributed by atoms with Crippen molar-refractivity contribution in [2.75, 3.05) is 36.0 Å². The summed E-state index contributed by atoms with van der Waals surface area (Å²) in [5, 5.41) is 3.48. The van der Waals surface area contributed by atoms with Gasteiger partial charge >= 0.3 is 0 Å². The Balaban J connectivity index is 2.00. The summed E-state index contributed by atoms with van der Waals surface area (Å²) in [7, 11) is 0. The first-order valence-electron chi connectivity index (χ1n) is 7.44. The third kappa shape index (κ3) is 4.43. The Morgan fingerprint density at radius 2 is 2.16 bits per heavy atom. The fourth-order valence-corrected chi connectivity index (χ4v) is 3.37. The molecule has 3 heteroatoms. The molecule has 0 bridgehead atoms. The van der Waals surface area contributed by atoms with Crippen molar-refractivity contribution in [1.29, 1.82) is 0 Å². The molecule has 1 aromatic carbocycles. The SMILES string of the molecule is CCCNCc1ccc(N2CCCSCC2)cc1C. The zero-order valence-electron chi connectivity index (χ0n) is 12.2. The van der Waals surface area contributed by atoms with Crippen LogP contribution in [-0.2, 0) is 6.54 Å². The van der Waals surface area contributed by atoms with Gasteiger partial charge in [0.25, 0.3) is 0 Å². The van der Waals surface area contributed by atoms with Crippen molar-refractivity contribution < 1.29 is 0 Å². The quantitative estimate of drug-likeness (QED) is 0.831. The molecular formula is C16H26N2S. The van der Waals surface area contributed by atoms with E-state index >= 15 is 0 Å². The number of nitrogens with one attached hydrogen (secondary N) is 1. The molecule has 2 rings (SSSR count). The van der Waals surface area contributed by atoms with E-state index in [2.05, 4.69) is 54.0 Å². The van der Waals surface area contributed by atoms with Gasteiger partial charge in [-0.2, -0.15) is 11.8 Å². The van der Waals surface area contributed by atoms with Crippen LogP contribution in [0.1, 0.15) is 30.9 Å². The molecule has 106 valence electrons. The van der Waals surface area contributed by atoms with Crippen LogP contribution in [-0.4, -0.2) is 31.1 Å². The Hall–Kier alpha value is -0.670. The van der Waals surface area contributed by atoms with E-state index in [4.69, 9.17) is 0 Å². The fourth-order valence-electron chi connectivity index (χ4n) is 2.48. The number of thioether (sulfide) groups is 1. The summed E-state index contributed by atoms with van der Waals surface area (Å²) in [5.41, 5.74) is 4.25. The van der Waals surface area contributed by atoms with Crippen molar-refractivity contribution in [3.63, 3.8) is 0 Å². The van der Waals surface area contributed by atoms with E-state index < -0.39 is 0 Å². The van der Waals surface area contributed by atoms with Crippen LogP contribution < -0.4 is 10.2 Å². The Morgan fingerprint density at radius 1 is 1.26 bits per heavy atom. The molecule has 0 radical (unpaired) electrons. The van der Waals surface area contributed by atoms with Crippen LogP contribution in [0.2, 0.25) is 0 Å². The average molecular weight is 278 g/mol. The Labute approximate surface area is 122 Å². The van der Waals surface area contributed by atoms with Crippen molar-refractivity contribution in [3.05, 3.63) is 29.3 Å². The summed E-state index contributed by atoms with van der Waals surface area (Å²) >= 11 is 2.08. The zero-order chi connectivity index (χ0) is 13.5. The maximum Gasteiger partial charge on any atom is 0.0369 e. The third-order valence-corrected chi connectivity index (χ3v) is 4.70. The molecule has 0 aliphatic carbocycles. The number of nitrogens with zero attached hydrogens (tertiary/aromatic N) is 1. The van der Waals surface area contributed by atoms with Crippen LogP contribution >= 0.6 is 11.8 Å². The van der Waals surface area contributed by atoms with E-state index in [0.29, 0.717) is 0 Å². The summed E-state index contributed by atoms with van der Waals surface area (Å²) in [4.78, 5) is 2.54. The topological polar surface area (TPSA) is 15.3 Å². The fraction of sp³-hybridized carbons (Fsp3) is 0.625. The lowest BCUT2D eigenvalue weighted by Crippen LogP contribution is -2.25. The smallest absolute Gasteiger partial charge is 0.0369 e. The highest BCUT2D eigenvalue weighted by atomic mass is 32.2. The summed E-state index contributed by atoms with van der Waals surface area (Å²) < 4.78 is 0. The molecule has 1 aliphatic rings. The number of benzene rings is 1. The molecule has 1 aromatic rings. The molecule has 0 saturated carbocycles. The first kappa shape index (κ1) is 14.7. The number of aryl methyl sites for hydroxylation is 1. The van der Waals surface area contributed by atoms with Gasteiger partial charge in [-0.15, -0.1) is 0 Å². The second-order valence-corrected chi connectivity index (χ2v) is 6.47. The van der Waals surface area contributed by atoms with Gasteiger partial charge in [0.15, 0.2) is 0 Å². The molecule has 0 unspecified atom stereocenters. The molecule has 0 aromatic heterocycles. The van der Waals surface area contributed by atoms with Crippen LogP contribution in [0.4, 0.5) is 5.69 Å². The standard InChI is InChI=1S/C16H26N2S/c1-3-7-17-13-15-5-6-16(12-14(15)2)18-8-4-10-19-11-9-18/h5-6,12,17H,3-4,7-11,13H2,1-2H3. The van der Waals surface area contributed by atoms with E-state index in [-0.39, 0.29) is 0 Å². The normalized spacial score (nSPS) is 16.4. The molecule has 1 saturated heterocycles.